The van der Waals surface area contributed by atoms with Crippen molar-refractivity contribution in [3.05, 3.63) is 99.2 Å². The van der Waals surface area contributed by atoms with E-state index in [2.05, 4.69) is 10.9 Å². The number of benzene rings is 2. The van der Waals surface area contributed by atoms with E-state index in [1.807, 2.05) is 0 Å². The van der Waals surface area contributed by atoms with Crippen molar-refractivity contribution in [2.45, 2.75) is 6.54 Å². The van der Waals surface area contributed by atoms with Gasteiger partial charge in [-0.1, -0.05) is 35.9 Å². The minimum atomic E-state index is -0.680. The SMILES string of the molecule is O=C(COc1ccccc1F)NNC(=O)c1ccc(=O)n(Cc2ccc(Cl)cc2)c1. The summed E-state index contributed by atoms with van der Waals surface area (Å²) in [6.45, 7) is -0.239. The quantitative estimate of drug-likeness (QED) is 0.589. The molecule has 3 aromatic rings. The zero-order valence-corrected chi connectivity index (χ0v) is 16.4. The van der Waals surface area contributed by atoms with Crippen LogP contribution in [0.1, 0.15) is 15.9 Å². The molecule has 7 nitrogen and oxygen atoms in total. The van der Waals surface area contributed by atoms with Crippen LogP contribution in [0.2, 0.25) is 5.02 Å². The maximum Gasteiger partial charge on any atom is 0.276 e. The lowest BCUT2D eigenvalue weighted by molar-refractivity contribution is -0.123. The summed E-state index contributed by atoms with van der Waals surface area (Å²) >= 11 is 5.85. The van der Waals surface area contributed by atoms with Gasteiger partial charge in [-0.25, -0.2) is 4.39 Å². The van der Waals surface area contributed by atoms with Gasteiger partial charge in [0.1, 0.15) is 0 Å². The van der Waals surface area contributed by atoms with E-state index in [0.29, 0.717) is 5.02 Å². The van der Waals surface area contributed by atoms with Gasteiger partial charge in [0.25, 0.3) is 17.4 Å². The molecule has 3 rings (SSSR count). The lowest BCUT2D eigenvalue weighted by Gasteiger charge is -2.11. The topological polar surface area (TPSA) is 89.4 Å². The van der Waals surface area contributed by atoms with Gasteiger partial charge in [0.2, 0.25) is 0 Å². The molecule has 9 heteroatoms. The molecule has 0 bridgehead atoms. The van der Waals surface area contributed by atoms with Crippen molar-refractivity contribution in [2.24, 2.45) is 0 Å². The fourth-order valence-corrected chi connectivity index (χ4v) is 2.64. The van der Waals surface area contributed by atoms with Crippen LogP contribution in [-0.2, 0) is 11.3 Å². The summed E-state index contributed by atoms with van der Waals surface area (Å²) in [4.78, 5) is 36.2. The van der Waals surface area contributed by atoms with Crippen molar-refractivity contribution < 1.29 is 18.7 Å². The maximum absolute atomic E-state index is 13.5. The molecular formula is C21H17ClFN3O4. The van der Waals surface area contributed by atoms with Crippen molar-refractivity contribution >= 4 is 23.4 Å². The molecule has 0 radical (unpaired) electrons. The fourth-order valence-electron chi connectivity index (χ4n) is 2.52. The van der Waals surface area contributed by atoms with E-state index in [4.69, 9.17) is 16.3 Å². The van der Waals surface area contributed by atoms with Gasteiger partial charge in [-0.2, -0.15) is 0 Å². The Hall–Kier alpha value is -3.65. The molecule has 0 saturated heterocycles. The first-order valence-corrected chi connectivity index (χ1v) is 9.21. The second kappa shape index (κ2) is 9.71. The Bertz CT molecular complexity index is 1120. The predicted octanol–water partition coefficient (Wildman–Crippen LogP) is 2.53. The summed E-state index contributed by atoms with van der Waals surface area (Å²) in [5.41, 5.74) is 5.10. The number of carbonyl (C=O) groups excluding carboxylic acids is 2. The largest absolute Gasteiger partial charge is 0.481 e. The van der Waals surface area contributed by atoms with Crippen LogP contribution < -0.4 is 21.1 Å². The third kappa shape index (κ3) is 5.68. The summed E-state index contributed by atoms with van der Waals surface area (Å²) in [6, 6.07) is 15.2. The number of para-hydroxylation sites is 1. The van der Waals surface area contributed by atoms with Crippen LogP contribution in [-0.4, -0.2) is 23.0 Å². The molecule has 1 heterocycles. The van der Waals surface area contributed by atoms with E-state index in [1.165, 1.54) is 41.1 Å². The molecule has 0 saturated carbocycles. The maximum atomic E-state index is 13.5. The first kappa shape index (κ1) is 21.1. The molecule has 0 unspecified atom stereocenters. The number of hydrogen-bond acceptors (Lipinski definition) is 4. The molecule has 0 atom stereocenters. The van der Waals surface area contributed by atoms with E-state index in [9.17, 15) is 18.8 Å². The monoisotopic (exact) mass is 429 g/mol. The first-order valence-electron chi connectivity index (χ1n) is 8.84. The van der Waals surface area contributed by atoms with Crippen molar-refractivity contribution in [2.75, 3.05) is 6.61 Å². The highest BCUT2D eigenvalue weighted by Gasteiger charge is 2.11. The van der Waals surface area contributed by atoms with Crippen LogP contribution in [0, 0.1) is 5.82 Å². The number of hydrazine groups is 1. The predicted molar refractivity (Wildman–Crippen MR) is 109 cm³/mol. The highest BCUT2D eigenvalue weighted by molar-refractivity contribution is 6.30. The van der Waals surface area contributed by atoms with Crippen LogP contribution in [0.15, 0.2) is 71.7 Å². The Morgan fingerprint density at radius 3 is 2.47 bits per heavy atom. The van der Waals surface area contributed by atoms with E-state index < -0.39 is 24.2 Å². The number of halogens is 2. The molecule has 30 heavy (non-hydrogen) atoms. The van der Waals surface area contributed by atoms with Gasteiger partial charge in [0.05, 0.1) is 12.1 Å². The minimum Gasteiger partial charge on any atom is -0.481 e. The van der Waals surface area contributed by atoms with Crippen LogP contribution in [0.4, 0.5) is 4.39 Å². The number of ether oxygens (including phenoxy) is 1. The second-order valence-corrected chi connectivity index (χ2v) is 6.67. The standard InChI is InChI=1S/C21H17ClFN3O4/c22-16-8-5-14(6-9-16)11-26-12-15(7-10-20(26)28)21(29)25-24-19(27)13-30-18-4-2-1-3-17(18)23/h1-10,12H,11,13H2,(H,24,27)(H,25,29). The number of carbonyl (C=O) groups is 2. The Kier molecular flexibility index (Phi) is 6.82. The molecule has 2 aromatic carbocycles. The summed E-state index contributed by atoms with van der Waals surface area (Å²) in [6.07, 6.45) is 1.38. The third-order valence-corrected chi connectivity index (χ3v) is 4.27. The molecule has 0 spiro atoms. The lowest BCUT2D eigenvalue weighted by atomic mass is 10.2. The van der Waals surface area contributed by atoms with Gasteiger partial charge in [-0.3, -0.25) is 25.2 Å². The highest BCUT2D eigenvalue weighted by Crippen LogP contribution is 2.14. The average molecular weight is 430 g/mol. The van der Waals surface area contributed by atoms with Crippen molar-refractivity contribution in [1.82, 2.24) is 15.4 Å². The molecule has 0 aliphatic carbocycles. The van der Waals surface area contributed by atoms with Gasteiger partial charge in [0.15, 0.2) is 18.2 Å². The minimum absolute atomic E-state index is 0.0757. The van der Waals surface area contributed by atoms with Crippen LogP contribution in [0.5, 0.6) is 5.75 Å². The van der Waals surface area contributed by atoms with Gasteiger partial charge < -0.3 is 9.30 Å². The van der Waals surface area contributed by atoms with Gasteiger partial charge in [0, 0.05) is 17.3 Å². The van der Waals surface area contributed by atoms with E-state index in [-0.39, 0.29) is 23.4 Å². The molecule has 0 fully saturated rings. The van der Waals surface area contributed by atoms with E-state index in [0.717, 1.165) is 5.56 Å². The zero-order valence-electron chi connectivity index (χ0n) is 15.6. The van der Waals surface area contributed by atoms with Crippen LogP contribution in [0.3, 0.4) is 0 Å². The summed E-state index contributed by atoms with van der Waals surface area (Å²) in [5.74, 6) is -1.98. The number of nitrogens with zero attached hydrogens (tertiary/aromatic N) is 1. The number of aromatic nitrogens is 1. The number of hydrogen-bond donors (Lipinski definition) is 2. The smallest absolute Gasteiger partial charge is 0.276 e. The number of pyridine rings is 1. The van der Waals surface area contributed by atoms with Crippen molar-refractivity contribution in [1.29, 1.82) is 0 Å². The van der Waals surface area contributed by atoms with Gasteiger partial charge in [-0.05, 0) is 35.9 Å². The molecule has 2 amide bonds. The Morgan fingerprint density at radius 2 is 1.73 bits per heavy atom. The Morgan fingerprint density at radius 1 is 1.00 bits per heavy atom. The normalized spacial score (nSPS) is 10.3. The summed E-state index contributed by atoms with van der Waals surface area (Å²) in [7, 11) is 0. The highest BCUT2D eigenvalue weighted by atomic mass is 35.5. The zero-order chi connectivity index (χ0) is 21.5. The number of amides is 2. The van der Waals surface area contributed by atoms with Crippen molar-refractivity contribution in [3.63, 3.8) is 0 Å². The second-order valence-electron chi connectivity index (χ2n) is 6.23. The average Bonchev–Trinajstić information content (AvgIpc) is 2.74. The van der Waals surface area contributed by atoms with E-state index in [1.54, 1.807) is 30.3 Å². The lowest BCUT2D eigenvalue weighted by Crippen LogP contribution is -2.44. The van der Waals surface area contributed by atoms with Crippen LogP contribution >= 0.6 is 11.6 Å². The number of rotatable bonds is 6. The molecule has 154 valence electrons. The molecule has 1 aromatic heterocycles. The Balaban J connectivity index is 1.57. The molecule has 2 N–H and O–H groups in total. The third-order valence-electron chi connectivity index (χ3n) is 4.02. The van der Waals surface area contributed by atoms with Gasteiger partial charge in [-0.15, -0.1) is 0 Å². The summed E-state index contributed by atoms with van der Waals surface area (Å²) < 4.78 is 19.9. The molecule has 0 aliphatic rings. The van der Waals surface area contributed by atoms with Crippen LogP contribution in [0.25, 0.3) is 0 Å². The van der Waals surface area contributed by atoms with E-state index >= 15 is 0 Å². The summed E-state index contributed by atoms with van der Waals surface area (Å²) in [5, 5.41) is 0.578. The van der Waals surface area contributed by atoms with Crippen molar-refractivity contribution in [3.8, 4) is 5.75 Å². The molecular weight excluding hydrogens is 413 g/mol. The first-order chi connectivity index (χ1) is 14.4. The fraction of sp³-hybridized carbons (Fsp3) is 0.0952. The number of nitrogens with one attached hydrogen (secondary N) is 2. The molecule has 0 aliphatic heterocycles. The Labute approximate surface area is 176 Å². The van der Waals surface area contributed by atoms with Gasteiger partial charge >= 0.3 is 0 Å².